The lowest BCUT2D eigenvalue weighted by molar-refractivity contribution is -0.117. The van der Waals surface area contributed by atoms with Gasteiger partial charge in [-0.2, -0.15) is 0 Å². The first kappa shape index (κ1) is 14.7. The average molecular weight is 293 g/mol. The van der Waals surface area contributed by atoms with Gasteiger partial charge in [-0.25, -0.2) is 9.48 Å². The van der Waals surface area contributed by atoms with Gasteiger partial charge in [0.05, 0.1) is 5.69 Å². The summed E-state index contributed by atoms with van der Waals surface area (Å²) in [5.41, 5.74) is 0.254. The van der Waals surface area contributed by atoms with E-state index in [0.29, 0.717) is 17.3 Å². The number of aromatic carboxylic acids is 1. The molecule has 2 rings (SSSR count). The molecule has 0 fully saturated rings. The van der Waals surface area contributed by atoms with Gasteiger partial charge in [0.15, 0.2) is 11.5 Å². The Kier molecular flexibility index (Phi) is 4.01. The van der Waals surface area contributed by atoms with Crippen molar-refractivity contribution >= 4 is 17.7 Å². The van der Waals surface area contributed by atoms with Gasteiger partial charge in [0.1, 0.15) is 12.3 Å². The molecule has 2 aromatic rings. The summed E-state index contributed by atoms with van der Waals surface area (Å²) >= 11 is 0. The second kappa shape index (κ2) is 5.73. The van der Waals surface area contributed by atoms with Gasteiger partial charge in [0.2, 0.25) is 5.91 Å². The van der Waals surface area contributed by atoms with E-state index in [1.807, 2.05) is 0 Å². The Hall–Kier alpha value is -2.71. The molecule has 0 unspecified atom stereocenters. The van der Waals surface area contributed by atoms with Crippen LogP contribution in [0.4, 0.5) is 5.82 Å². The minimum Gasteiger partial charge on any atom is -0.476 e. The molecule has 21 heavy (non-hydrogen) atoms. The van der Waals surface area contributed by atoms with Crippen molar-refractivity contribution in [2.45, 2.75) is 33.2 Å². The molecule has 112 valence electrons. The molecule has 0 saturated carbocycles. The lowest BCUT2D eigenvalue weighted by Gasteiger charge is -2.09. The first-order valence-corrected chi connectivity index (χ1v) is 6.28. The van der Waals surface area contributed by atoms with E-state index in [2.05, 4.69) is 20.8 Å². The van der Waals surface area contributed by atoms with Crippen LogP contribution in [0.2, 0.25) is 0 Å². The van der Waals surface area contributed by atoms with Crippen molar-refractivity contribution in [3.8, 4) is 0 Å². The Bertz CT molecular complexity index is 673. The second-order valence-corrected chi connectivity index (χ2v) is 4.81. The molecule has 1 amide bonds. The average Bonchev–Trinajstić information content (AvgIpc) is 2.95. The zero-order valence-corrected chi connectivity index (χ0v) is 11.8. The van der Waals surface area contributed by atoms with Crippen LogP contribution in [0.25, 0.3) is 0 Å². The maximum Gasteiger partial charge on any atom is 0.358 e. The van der Waals surface area contributed by atoms with E-state index in [4.69, 9.17) is 9.63 Å². The van der Waals surface area contributed by atoms with Crippen LogP contribution in [0.15, 0.2) is 10.6 Å². The topological polar surface area (TPSA) is 123 Å². The number of carbonyl (C=O) groups is 2. The fourth-order valence-electron chi connectivity index (χ4n) is 1.90. The Balaban J connectivity index is 2.15. The largest absolute Gasteiger partial charge is 0.476 e. The van der Waals surface area contributed by atoms with Gasteiger partial charge in [-0.3, -0.25) is 4.79 Å². The lowest BCUT2D eigenvalue weighted by Crippen LogP contribution is -2.22. The first-order chi connectivity index (χ1) is 9.88. The molecule has 0 spiro atoms. The van der Waals surface area contributed by atoms with Gasteiger partial charge in [-0.15, -0.1) is 5.10 Å². The van der Waals surface area contributed by atoms with Crippen LogP contribution in [0.1, 0.15) is 41.7 Å². The lowest BCUT2D eigenvalue weighted by atomic mass is 10.1. The van der Waals surface area contributed by atoms with Crippen molar-refractivity contribution in [3.63, 3.8) is 0 Å². The third-order valence-electron chi connectivity index (χ3n) is 2.71. The molecule has 0 saturated heterocycles. The number of carboxylic acid groups (broad SMARTS) is 1. The van der Waals surface area contributed by atoms with Crippen LogP contribution in [-0.2, 0) is 11.3 Å². The molecule has 2 heterocycles. The van der Waals surface area contributed by atoms with E-state index >= 15 is 0 Å². The summed E-state index contributed by atoms with van der Waals surface area (Å²) in [5.74, 6) is -0.832. The van der Waals surface area contributed by atoms with Crippen molar-refractivity contribution in [1.82, 2.24) is 20.2 Å². The molecular weight excluding hydrogens is 278 g/mol. The van der Waals surface area contributed by atoms with E-state index in [0.717, 1.165) is 0 Å². The third-order valence-corrected chi connectivity index (χ3v) is 2.71. The van der Waals surface area contributed by atoms with Crippen molar-refractivity contribution in [1.29, 1.82) is 0 Å². The summed E-state index contributed by atoms with van der Waals surface area (Å²) in [5, 5.41) is 22.6. The van der Waals surface area contributed by atoms with E-state index in [1.165, 1.54) is 4.68 Å². The summed E-state index contributed by atoms with van der Waals surface area (Å²) in [7, 11) is 0. The normalized spacial score (nSPS) is 10.9. The number of anilines is 1. The quantitative estimate of drug-likeness (QED) is 0.843. The molecule has 0 bridgehead atoms. The first-order valence-electron chi connectivity index (χ1n) is 6.28. The summed E-state index contributed by atoms with van der Waals surface area (Å²) in [6.45, 7) is 5.16. The predicted octanol–water partition coefficient (Wildman–Crippen LogP) is 1.03. The number of carboxylic acids is 1. The second-order valence-electron chi connectivity index (χ2n) is 4.81. The number of nitrogens with one attached hydrogen (secondary N) is 1. The number of carbonyl (C=O) groups excluding carboxylic acids is 1. The van der Waals surface area contributed by atoms with Crippen molar-refractivity contribution in [3.05, 3.63) is 23.2 Å². The van der Waals surface area contributed by atoms with E-state index < -0.39 is 11.9 Å². The fraction of sp³-hybridized carbons (Fsp3) is 0.417. The summed E-state index contributed by atoms with van der Waals surface area (Å²) in [6, 6.07) is 1.57. The van der Waals surface area contributed by atoms with Gasteiger partial charge >= 0.3 is 5.97 Å². The molecule has 0 aliphatic rings. The van der Waals surface area contributed by atoms with Crippen LogP contribution < -0.4 is 5.32 Å². The standard InChI is InChI=1S/C12H15N5O4/c1-6(2)11-10(12(19)20)14-16-17(11)5-9(18)13-8-4-7(3)21-15-8/h4,6H,5H2,1-3H3,(H,19,20)(H,13,15,18). The Labute approximate surface area is 119 Å². The highest BCUT2D eigenvalue weighted by Gasteiger charge is 2.22. The molecule has 0 atom stereocenters. The zero-order chi connectivity index (χ0) is 15.6. The van der Waals surface area contributed by atoms with Crippen LogP contribution >= 0.6 is 0 Å². The highest BCUT2D eigenvalue weighted by molar-refractivity contribution is 5.90. The van der Waals surface area contributed by atoms with Gasteiger partial charge in [0.25, 0.3) is 0 Å². The number of amides is 1. The zero-order valence-electron chi connectivity index (χ0n) is 11.8. The monoisotopic (exact) mass is 293 g/mol. The SMILES string of the molecule is Cc1cc(NC(=O)Cn2nnc(C(=O)O)c2C(C)C)no1. The number of rotatable bonds is 5. The van der Waals surface area contributed by atoms with Crippen LogP contribution in [-0.4, -0.2) is 37.1 Å². The van der Waals surface area contributed by atoms with E-state index in [1.54, 1.807) is 26.8 Å². The summed E-state index contributed by atoms with van der Waals surface area (Å²) in [4.78, 5) is 23.0. The van der Waals surface area contributed by atoms with Crippen LogP contribution in [0.3, 0.4) is 0 Å². The fourth-order valence-corrected chi connectivity index (χ4v) is 1.90. The minimum atomic E-state index is -1.17. The van der Waals surface area contributed by atoms with Crippen LogP contribution in [0.5, 0.6) is 0 Å². The van der Waals surface area contributed by atoms with Crippen LogP contribution in [0, 0.1) is 6.92 Å². The van der Waals surface area contributed by atoms with Gasteiger partial charge in [-0.05, 0) is 12.8 Å². The van der Waals surface area contributed by atoms with E-state index in [9.17, 15) is 9.59 Å². The van der Waals surface area contributed by atoms with Gasteiger partial charge in [0, 0.05) is 6.07 Å². The minimum absolute atomic E-state index is 0.131. The molecule has 0 aromatic carbocycles. The summed E-state index contributed by atoms with van der Waals surface area (Å²) in [6.07, 6.45) is 0. The summed E-state index contributed by atoms with van der Waals surface area (Å²) < 4.78 is 6.11. The third kappa shape index (κ3) is 3.25. The Morgan fingerprint density at radius 3 is 2.71 bits per heavy atom. The molecule has 0 aliphatic carbocycles. The van der Waals surface area contributed by atoms with Gasteiger partial charge in [-0.1, -0.05) is 24.2 Å². The molecule has 0 aliphatic heterocycles. The van der Waals surface area contributed by atoms with Gasteiger partial charge < -0.3 is 14.9 Å². The van der Waals surface area contributed by atoms with Crippen molar-refractivity contribution in [2.75, 3.05) is 5.32 Å². The molecule has 0 radical (unpaired) electrons. The molecule has 9 heteroatoms. The van der Waals surface area contributed by atoms with Crippen molar-refractivity contribution < 1.29 is 19.2 Å². The number of hydrogen-bond acceptors (Lipinski definition) is 6. The molecule has 9 nitrogen and oxygen atoms in total. The van der Waals surface area contributed by atoms with E-state index in [-0.39, 0.29) is 18.2 Å². The Morgan fingerprint density at radius 1 is 1.48 bits per heavy atom. The predicted molar refractivity (Wildman–Crippen MR) is 70.9 cm³/mol. The smallest absolute Gasteiger partial charge is 0.358 e. The molecular formula is C12H15N5O4. The highest BCUT2D eigenvalue weighted by atomic mass is 16.5. The number of hydrogen-bond donors (Lipinski definition) is 2. The molecule has 2 N–H and O–H groups in total. The number of nitrogens with zero attached hydrogens (tertiary/aromatic N) is 4. The highest BCUT2D eigenvalue weighted by Crippen LogP contribution is 2.17. The van der Waals surface area contributed by atoms with Crippen molar-refractivity contribution in [2.24, 2.45) is 0 Å². The Morgan fingerprint density at radius 2 is 2.19 bits per heavy atom. The number of aromatic nitrogens is 4. The molecule has 2 aromatic heterocycles. The maximum atomic E-state index is 11.9. The maximum absolute atomic E-state index is 11.9. The number of aryl methyl sites for hydroxylation is 1.